The topological polar surface area (TPSA) is 88.7 Å². The highest BCUT2D eigenvalue weighted by atomic mass is 35.5. The number of carbonyl (C=O) groups is 2. The van der Waals surface area contributed by atoms with Gasteiger partial charge in [0.05, 0.1) is 5.02 Å². The molecule has 2 amide bonds. The van der Waals surface area contributed by atoms with Crippen LogP contribution in [0.2, 0.25) is 5.02 Å². The van der Waals surface area contributed by atoms with Gasteiger partial charge in [-0.1, -0.05) is 42.8 Å². The minimum atomic E-state index is -0.501. The minimum Gasteiger partial charge on any atom is -0.484 e. The van der Waals surface area contributed by atoms with Crippen molar-refractivity contribution < 1.29 is 19.1 Å². The maximum absolute atomic E-state index is 11.8. The van der Waals surface area contributed by atoms with Gasteiger partial charge >= 0.3 is 0 Å². The zero-order chi connectivity index (χ0) is 20.4. The highest BCUT2D eigenvalue weighted by Gasteiger charge is 2.09. The summed E-state index contributed by atoms with van der Waals surface area (Å²) in [6.07, 6.45) is 0.928. The summed E-state index contributed by atoms with van der Waals surface area (Å²) in [4.78, 5) is 23.6. The fourth-order valence-corrected chi connectivity index (χ4v) is 2.39. The fourth-order valence-electron chi connectivity index (χ4n) is 2.03. The molecule has 28 heavy (non-hydrogen) atoms. The average Bonchev–Trinajstić information content (AvgIpc) is 2.70. The van der Waals surface area contributed by atoms with E-state index in [1.165, 1.54) is 5.56 Å². The number of halogens is 1. The molecular formula is C19H20ClN3O4S. The molecule has 2 rings (SSSR count). The van der Waals surface area contributed by atoms with Crippen molar-refractivity contribution in [2.75, 3.05) is 13.2 Å². The summed E-state index contributed by atoms with van der Waals surface area (Å²) in [5.41, 5.74) is 5.93. The second-order valence-electron chi connectivity index (χ2n) is 5.56. The zero-order valence-electron chi connectivity index (χ0n) is 15.2. The number of aryl methyl sites for hydroxylation is 1. The molecule has 0 saturated heterocycles. The predicted octanol–water partition coefficient (Wildman–Crippen LogP) is 2.38. The third-order valence-corrected chi connectivity index (χ3v) is 3.98. The van der Waals surface area contributed by atoms with Gasteiger partial charge in [0.15, 0.2) is 18.3 Å². The molecule has 0 saturated carbocycles. The van der Waals surface area contributed by atoms with Crippen LogP contribution in [0.4, 0.5) is 0 Å². The molecule has 0 heterocycles. The van der Waals surface area contributed by atoms with E-state index >= 15 is 0 Å². The molecule has 0 unspecified atom stereocenters. The number of thiocarbonyl (C=S) groups is 1. The summed E-state index contributed by atoms with van der Waals surface area (Å²) in [6, 6.07) is 14.2. The molecule has 0 atom stereocenters. The van der Waals surface area contributed by atoms with Gasteiger partial charge in [-0.2, -0.15) is 0 Å². The molecule has 2 aromatic carbocycles. The molecule has 9 heteroatoms. The first-order valence-corrected chi connectivity index (χ1v) is 9.24. The van der Waals surface area contributed by atoms with E-state index in [0.717, 1.165) is 6.42 Å². The molecule has 7 nitrogen and oxygen atoms in total. The van der Waals surface area contributed by atoms with Crippen molar-refractivity contribution in [3.63, 3.8) is 0 Å². The second-order valence-corrected chi connectivity index (χ2v) is 6.37. The van der Waals surface area contributed by atoms with Crippen LogP contribution in [0.25, 0.3) is 0 Å². The summed E-state index contributed by atoms with van der Waals surface area (Å²) in [5, 5.41) is 2.69. The van der Waals surface area contributed by atoms with E-state index < -0.39 is 11.8 Å². The highest BCUT2D eigenvalue weighted by Crippen LogP contribution is 2.22. The quantitative estimate of drug-likeness (QED) is 0.470. The molecule has 0 radical (unpaired) electrons. The third kappa shape index (κ3) is 7.42. The fraction of sp³-hybridized carbons (Fsp3) is 0.211. The number of ether oxygens (including phenoxy) is 2. The maximum Gasteiger partial charge on any atom is 0.276 e. The van der Waals surface area contributed by atoms with Gasteiger partial charge in [-0.05, 0) is 48.5 Å². The van der Waals surface area contributed by atoms with Crippen molar-refractivity contribution in [3.05, 3.63) is 59.1 Å². The summed E-state index contributed by atoms with van der Waals surface area (Å²) >= 11 is 10.9. The highest BCUT2D eigenvalue weighted by molar-refractivity contribution is 7.80. The molecule has 0 aromatic heterocycles. The first kappa shape index (κ1) is 21.5. The number of hydrazine groups is 1. The van der Waals surface area contributed by atoms with Crippen LogP contribution in [0.3, 0.4) is 0 Å². The van der Waals surface area contributed by atoms with E-state index in [2.05, 4.69) is 23.1 Å². The van der Waals surface area contributed by atoms with E-state index in [-0.39, 0.29) is 18.3 Å². The summed E-state index contributed by atoms with van der Waals surface area (Å²) in [7, 11) is 0. The Labute approximate surface area is 173 Å². The standard InChI is InChI=1S/C19H20ClN3O4S/c1-2-13-7-9-14(10-8-13)26-12-18(25)22-23-19(28)21-17(24)11-27-16-6-4-3-5-15(16)20/h3-10H,2,11-12H2,1H3,(H,22,25)(H2,21,23,24,28). The third-order valence-electron chi connectivity index (χ3n) is 3.47. The Morgan fingerprint density at radius 1 is 0.964 bits per heavy atom. The lowest BCUT2D eigenvalue weighted by Gasteiger charge is -2.12. The monoisotopic (exact) mass is 421 g/mol. The van der Waals surface area contributed by atoms with E-state index in [1.807, 2.05) is 12.1 Å². The number of amides is 2. The average molecular weight is 422 g/mol. The number of nitrogens with one attached hydrogen (secondary N) is 3. The lowest BCUT2D eigenvalue weighted by Crippen LogP contribution is -2.50. The van der Waals surface area contributed by atoms with Gasteiger partial charge in [-0.3, -0.25) is 25.8 Å². The van der Waals surface area contributed by atoms with E-state index in [9.17, 15) is 9.59 Å². The Bertz CT molecular complexity index is 830. The van der Waals surface area contributed by atoms with Crippen molar-refractivity contribution in [2.45, 2.75) is 13.3 Å². The Morgan fingerprint density at radius 2 is 1.64 bits per heavy atom. The molecule has 0 fully saturated rings. The van der Waals surface area contributed by atoms with Gasteiger partial charge in [0.25, 0.3) is 11.8 Å². The van der Waals surface area contributed by atoms with E-state index in [0.29, 0.717) is 16.5 Å². The molecule has 0 bridgehead atoms. The summed E-state index contributed by atoms with van der Waals surface area (Å²) in [5.74, 6) is 0.0120. The maximum atomic E-state index is 11.8. The number of carbonyl (C=O) groups excluding carboxylic acids is 2. The normalized spacial score (nSPS) is 9.93. The van der Waals surface area contributed by atoms with Crippen LogP contribution in [-0.4, -0.2) is 30.1 Å². The number of benzene rings is 2. The van der Waals surface area contributed by atoms with Crippen LogP contribution in [0.1, 0.15) is 12.5 Å². The first-order chi connectivity index (χ1) is 13.5. The molecule has 0 spiro atoms. The molecule has 0 aliphatic rings. The molecule has 3 N–H and O–H groups in total. The smallest absolute Gasteiger partial charge is 0.276 e. The second kappa shape index (κ2) is 11.1. The number of hydrogen-bond acceptors (Lipinski definition) is 5. The van der Waals surface area contributed by atoms with Crippen LogP contribution in [0, 0.1) is 0 Å². The van der Waals surface area contributed by atoms with Gasteiger partial charge in [-0.15, -0.1) is 0 Å². The summed E-state index contributed by atoms with van der Waals surface area (Å²) in [6.45, 7) is 1.57. The lowest BCUT2D eigenvalue weighted by atomic mass is 10.2. The van der Waals surface area contributed by atoms with Crippen molar-refractivity contribution in [3.8, 4) is 11.5 Å². The van der Waals surface area contributed by atoms with Crippen LogP contribution in [-0.2, 0) is 16.0 Å². The molecule has 0 aliphatic heterocycles. The van der Waals surface area contributed by atoms with Crippen LogP contribution in [0.15, 0.2) is 48.5 Å². The zero-order valence-corrected chi connectivity index (χ0v) is 16.7. The van der Waals surface area contributed by atoms with E-state index in [4.69, 9.17) is 33.3 Å². The van der Waals surface area contributed by atoms with Crippen LogP contribution in [0.5, 0.6) is 11.5 Å². The Morgan fingerprint density at radius 3 is 2.32 bits per heavy atom. The van der Waals surface area contributed by atoms with Gasteiger partial charge in [0, 0.05) is 0 Å². The van der Waals surface area contributed by atoms with E-state index in [1.54, 1.807) is 36.4 Å². The van der Waals surface area contributed by atoms with Gasteiger partial charge < -0.3 is 9.47 Å². The molecule has 0 aliphatic carbocycles. The Balaban J connectivity index is 1.64. The molecule has 2 aromatic rings. The number of hydrogen-bond donors (Lipinski definition) is 3. The van der Waals surface area contributed by atoms with Crippen molar-refractivity contribution >= 4 is 40.7 Å². The largest absolute Gasteiger partial charge is 0.484 e. The molecule has 148 valence electrons. The van der Waals surface area contributed by atoms with Crippen LogP contribution < -0.4 is 25.6 Å². The van der Waals surface area contributed by atoms with Gasteiger partial charge in [-0.25, -0.2) is 0 Å². The molecular weight excluding hydrogens is 402 g/mol. The predicted molar refractivity (Wildman–Crippen MR) is 110 cm³/mol. The van der Waals surface area contributed by atoms with Crippen molar-refractivity contribution in [2.24, 2.45) is 0 Å². The SMILES string of the molecule is CCc1ccc(OCC(=O)NNC(=S)NC(=O)COc2ccccc2Cl)cc1. The Hall–Kier alpha value is -2.84. The Kier molecular flexibility index (Phi) is 8.51. The summed E-state index contributed by atoms with van der Waals surface area (Å²) < 4.78 is 10.7. The van der Waals surface area contributed by atoms with Crippen molar-refractivity contribution in [1.29, 1.82) is 0 Å². The number of para-hydroxylation sites is 1. The van der Waals surface area contributed by atoms with Gasteiger partial charge in [0.1, 0.15) is 11.5 Å². The van der Waals surface area contributed by atoms with Crippen molar-refractivity contribution in [1.82, 2.24) is 16.2 Å². The first-order valence-electron chi connectivity index (χ1n) is 8.45. The van der Waals surface area contributed by atoms with Gasteiger partial charge in [0.2, 0.25) is 0 Å². The minimum absolute atomic E-state index is 0.0755. The number of rotatable bonds is 7. The lowest BCUT2D eigenvalue weighted by molar-refractivity contribution is -0.124. The van der Waals surface area contributed by atoms with Crippen LogP contribution >= 0.6 is 23.8 Å².